The second-order valence-electron chi connectivity index (χ2n) is 10.4. The largest absolute Gasteiger partial charge is 0.323 e. The smallest absolute Gasteiger partial charge is 0.234 e. The van der Waals surface area contributed by atoms with Crippen molar-refractivity contribution in [1.29, 1.82) is 0 Å². The molecular formula is C32H29N9. The first-order valence-corrected chi connectivity index (χ1v) is 13.8. The summed E-state index contributed by atoms with van der Waals surface area (Å²) in [4.78, 5) is 14.5. The molecule has 202 valence electrons. The number of rotatable bonds is 7. The highest BCUT2D eigenvalue weighted by atomic mass is 15.5. The van der Waals surface area contributed by atoms with Gasteiger partial charge < -0.3 is 4.57 Å². The number of tetrazole rings is 1. The van der Waals surface area contributed by atoms with Gasteiger partial charge in [-0.1, -0.05) is 61.5 Å². The molecule has 9 nitrogen and oxygen atoms in total. The van der Waals surface area contributed by atoms with Gasteiger partial charge in [-0.2, -0.15) is 0 Å². The monoisotopic (exact) mass is 539 g/mol. The molecule has 0 saturated heterocycles. The van der Waals surface area contributed by atoms with Gasteiger partial charge in [0.1, 0.15) is 5.82 Å². The Labute approximate surface area is 237 Å². The summed E-state index contributed by atoms with van der Waals surface area (Å²) >= 11 is 0. The van der Waals surface area contributed by atoms with Crippen LogP contribution in [0.5, 0.6) is 0 Å². The SMILES string of the molecule is CCCc1nc2ccc(-c3cn4c(C)cc(C)nc4n3)cc2n1Cc1ccc(-c2ccccc2-c2nnn[nH]2)cc1. The first-order valence-electron chi connectivity index (χ1n) is 13.8. The summed E-state index contributed by atoms with van der Waals surface area (Å²) in [5.41, 5.74) is 10.5. The van der Waals surface area contributed by atoms with Gasteiger partial charge in [-0.25, -0.2) is 20.1 Å². The number of aromatic nitrogens is 9. The Morgan fingerprint density at radius 1 is 0.829 bits per heavy atom. The molecule has 4 aromatic heterocycles. The fourth-order valence-corrected chi connectivity index (χ4v) is 5.52. The zero-order chi connectivity index (χ0) is 27.9. The summed E-state index contributed by atoms with van der Waals surface area (Å²) in [6.45, 7) is 7.01. The number of benzene rings is 3. The van der Waals surface area contributed by atoms with Crippen molar-refractivity contribution in [2.45, 2.75) is 40.2 Å². The molecule has 41 heavy (non-hydrogen) atoms. The average molecular weight is 540 g/mol. The van der Waals surface area contributed by atoms with Gasteiger partial charge in [0, 0.05) is 41.7 Å². The zero-order valence-electron chi connectivity index (χ0n) is 23.2. The van der Waals surface area contributed by atoms with Gasteiger partial charge in [-0.05, 0) is 65.6 Å². The number of imidazole rings is 2. The predicted molar refractivity (Wildman–Crippen MR) is 159 cm³/mol. The molecule has 7 aromatic rings. The molecule has 0 saturated carbocycles. The maximum atomic E-state index is 5.01. The van der Waals surface area contributed by atoms with E-state index in [1.807, 2.05) is 29.5 Å². The molecule has 0 spiro atoms. The highest BCUT2D eigenvalue weighted by Crippen LogP contribution is 2.31. The minimum atomic E-state index is 0.654. The minimum Gasteiger partial charge on any atom is -0.323 e. The van der Waals surface area contributed by atoms with Crippen LogP contribution in [0.3, 0.4) is 0 Å². The molecule has 0 bridgehead atoms. The van der Waals surface area contributed by atoms with Crippen LogP contribution in [0.2, 0.25) is 0 Å². The van der Waals surface area contributed by atoms with E-state index in [0.29, 0.717) is 5.82 Å². The Hall–Kier alpha value is -5.18. The van der Waals surface area contributed by atoms with Crippen molar-refractivity contribution in [2.75, 3.05) is 0 Å². The lowest BCUT2D eigenvalue weighted by atomic mass is 9.98. The molecule has 0 fully saturated rings. The van der Waals surface area contributed by atoms with E-state index in [1.165, 1.54) is 5.56 Å². The minimum absolute atomic E-state index is 0.654. The summed E-state index contributed by atoms with van der Waals surface area (Å²) in [6, 6.07) is 25.3. The Bertz CT molecular complexity index is 2000. The summed E-state index contributed by atoms with van der Waals surface area (Å²) in [7, 11) is 0. The summed E-state index contributed by atoms with van der Waals surface area (Å²) in [5, 5.41) is 14.5. The van der Waals surface area contributed by atoms with Crippen LogP contribution in [-0.2, 0) is 13.0 Å². The summed E-state index contributed by atoms with van der Waals surface area (Å²) in [6.07, 6.45) is 4.01. The molecular weight excluding hydrogens is 510 g/mol. The van der Waals surface area contributed by atoms with Crippen LogP contribution in [0.15, 0.2) is 79.0 Å². The first-order chi connectivity index (χ1) is 20.1. The second kappa shape index (κ2) is 10.1. The van der Waals surface area contributed by atoms with Gasteiger partial charge in [0.15, 0.2) is 5.82 Å². The summed E-state index contributed by atoms with van der Waals surface area (Å²) < 4.78 is 4.39. The maximum Gasteiger partial charge on any atom is 0.234 e. The number of H-pyrrole nitrogens is 1. The molecule has 0 aliphatic rings. The number of nitrogens with zero attached hydrogens (tertiary/aromatic N) is 8. The third kappa shape index (κ3) is 4.55. The zero-order valence-corrected chi connectivity index (χ0v) is 23.2. The number of aryl methyl sites for hydroxylation is 3. The van der Waals surface area contributed by atoms with E-state index >= 15 is 0 Å². The number of fused-ring (bicyclic) bond motifs is 2. The van der Waals surface area contributed by atoms with Gasteiger partial charge in [0.2, 0.25) is 5.78 Å². The quantitative estimate of drug-likeness (QED) is 0.258. The van der Waals surface area contributed by atoms with Gasteiger partial charge in [0.25, 0.3) is 0 Å². The molecule has 0 aliphatic heterocycles. The van der Waals surface area contributed by atoms with Crippen LogP contribution in [-0.4, -0.2) is 44.5 Å². The van der Waals surface area contributed by atoms with Gasteiger partial charge in [-0.3, -0.25) is 4.40 Å². The molecule has 4 heterocycles. The Balaban J connectivity index is 1.25. The normalized spacial score (nSPS) is 11.6. The average Bonchev–Trinajstić information content (AvgIpc) is 3.73. The van der Waals surface area contributed by atoms with E-state index in [9.17, 15) is 0 Å². The number of aromatic amines is 1. The third-order valence-electron chi connectivity index (χ3n) is 7.49. The van der Waals surface area contributed by atoms with Crippen molar-refractivity contribution < 1.29 is 0 Å². The molecule has 0 unspecified atom stereocenters. The lowest BCUT2D eigenvalue weighted by Crippen LogP contribution is -2.05. The molecule has 9 heteroatoms. The predicted octanol–water partition coefficient (Wildman–Crippen LogP) is 6.21. The van der Waals surface area contributed by atoms with E-state index in [0.717, 1.165) is 81.4 Å². The second-order valence-corrected chi connectivity index (χ2v) is 10.4. The number of hydrogen-bond donors (Lipinski definition) is 1. The summed E-state index contributed by atoms with van der Waals surface area (Å²) in [5.74, 6) is 2.47. The van der Waals surface area contributed by atoms with Crippen LogP contribution >= 0.6 is 0 Å². The highest BCUT2D eigenvalue weighted by molar-refractivity contribution is 5.83. The van der Waals surface area contributed by atoms with Gasteiger partial charge in [0.05, 0.1) is 16.7 Å². The first kappa shape index (κ1) is 24.8. The lowest BCUT2D eigenvalue weighted by Gasteiger charge is -2.11. The van der Waals surface area contributed by atoms with Crippen LogP contribution in [0.1, 0.15) is 36.1 Å². The van der Waals surface area contributed by atoms with E-state index in [-0.39, 0.29) is 0 Å². The van der Waals surface area contributed by atoms with Gasteiger partial charge in [-0.15, -0.1) is 5.10 Å². The Kier molecular flexibility index (Phi) is 6.11. The van der Waals surface area contributed by atoms with Crippen LogP contribution in [0.25, 0.3) is 50.6 Å². The standard InChI is InChI=1S/C32H29N9/c1-4-7-30-34-27-15-14-24(28-19-40-21(3)16-20(2)33-32(40)35-28)17-29(27)41(30)18-22-10-12-23(13-11-22)25-8-5-6-9-26(25)31-36-38-39-37-31/h5-6,8-17,19H,4,7,18H2,1-3H3,(H,36,37,38,39). The highest BCUT2D eigenvalue weighted by Gasteiger charge is 2.15. The molecule has 0 aliphatic carbocycles. The molecule has 0 radical (unpaired) electrons. The van der Waals surface area contributed by atoms with Gasteiger partial charge >= 0.3 is 0 Å². The Morgan fingerprint density at radius 2 is 1.63 bits per heavy atom. The molecule has 3 aromatic carbocycles. The van der Waals surface area contributed by atoms with Crippen molar-refractivity contribution >= 4 is 16.8 Å². The van der Waals surface area contributed by atoms with Crippen molar-refractivity contribution in [3.63, 3.8) is 0 Å². The van der Waals surface area contributed by atoms with E-state index < -0.39 is 0 Å². The van der Waals surface area contributed by atoms with E-state index in [4.69, 9.17) is 9.97 Å². The molecule has 1 N–H and O–H groups in total. The van der Waals surface area contributed by atoms with Crippen molar-refractivity contribution in [1.82, 2.24) is 44.5 Å². The topological polar surface area (TPSA) is 102 Å². The number of nitrogens with one attached hydrogen (secondary N) is 1. The van der Waals surface area contributed by atoms with E-state index in [1.54, 1.807) is 0 Å². The van der Waals surface area contributed by atoms with Crippen LogP contribution < -0.4 is 0 Å². The van der Waals surface area contributed by atoms with Crippen LogP contribution in [0, 0.1) is 13.8 Å². The number of hydrogen-bond acceptors (Lipinski definition) is 6. The maximum absolute atomic E-state index is 5.01. The Morgan fingerprint density at radius 3 is 2.41 bits per heavy atom. The fraction of sp³-hybridized carbons (Fsp3) is 0.188. The third-order valence-corrected chi connectivity index (χ3v) is 7.49. The van der Waals surface area contributed by atoms with Crippen LogP contribution in [0.4, 0.5) is 0 Å². The molecule has 0 amide bonds. The van der Waals surface area contributed by atoms with E-state index in [2.05, 4.69) is 105 Å². The lowest BCUT2D eigenvalue weighted by molar-refractivity contribution is 0.722. The molecule has 7 rings (SSSR count). The van der Waals surface area contributed by atoms with Crippen molar-refractivity contribution in [2.24, 2.45) is 0 Å². The molecule has 0 atom stereocenters. The fourth-order valence-electron chi connectivity index (χ4n) is 5.52. The van der Waals surface area contributed by atoms with Crippen molar-refractivity contribution in [3.05, 3.63) is 102 Å². The van der Waals surface area contributed by atoms with Crippen molar-refractivity contribution in [3.8, 4) is 33.8 Å².